The summed E-state index contributed by atoms with van der Waals surface area (Å²) in [7, 11) is 1.67. The highest BCUT2D eigenvalue weighted by molar-refractivity contribution is 5.48. The monoisotopic (exact) mass is 293 g/mol. The summed E-state index contributed by atoms with van der Waals surface area (Å²) in [5, 5.41) is 3.53. The van der Waals surface area contributed by atoms with E-state index in [9.17, 15) is 0 Å². The van der Waals surface area contributed by atoms with Crippen molar-refractivity contribution in [2.24, 2.45) is 0 Å². The van der Waals surface area contributed by atoms with Crippen LogP contribution in [0.25, 0.3) is 0 Å². The Morgan fingerprint density at radius 2 is 1.73 bits per heavy atom. The molecular formula is C19H19NO2. The molecule has 1 aromatic heterocycles. The molecule has 0 amide bonds. The third-order valence-electron chi connectivity index (χ3n) is 3.60. The standard InChI is InChI=1S/C19H19NO2/c1-21-17-11-9-16(10-12-17)20-18(19-8-5-13-22-19)14-15-6-3-2-4-7-15/h2-13,18,20H,14H2,1H3/t18-/m1/s1. The number of rotatable bonds is 6. The van der Waals surface area contributed by atoms with Crippen molar-refractivity contribution in [3.05, 3.63) is 84.3 Å². The Balaban J connectivity index is 1.79. The second-order valence-electron chi connectivity index (χ2n) is 5.13. The van der Waals surface area contributed by atoms with Crippen LogP contribution in [0.1, 0.15) is 17.4 Å². The van der Waals surface area contributed by atoms with Gasteiger partial charge in [-0.05, 0) is 48.4 Å². The molecule has 0 unspecified atom stereocenters. The lowest BCUT2D eigenvalue weighted by Gasteiger charge is -2.18. The van der Waals surface area contributed by atoms with Crippen LogP contribution in [0.2, 0.25) is 0 Å². The Morgan fingerprint density at radius 3 is 2.36 bits per heavy atom. The van der Waals surface area contributed by atoms with Gasteiger partial charge in [0.2, 0.25) is 0 Å². The summed E-state index contributed by atoms with van der Waals surface area (Å²) in [6.45, 7) is 0. The zero-order valence-corrected chi connectivity index (χ0v) is 12.5. The number of hydrogen-bond acceptors (Lipinski definition) is 3. The molecule has 0 aliphatic rings. The van der Waals surface area contributed by atoms with Gasteiger partial charge in [0, 0.05) is 5.69 Å². The highest BCUT2D eigenvalue weighted by Crippen LogP contribution is 2.25. The minimum Gasteiger partial charge on any atom is -0.497 e. The van der Waals surface area contributed by atoms with Crippen molar-refractivity contribution in [1.29, 1.82) is 0 Å². The van der Waals surface area contributed by atoms with Gasteiger partial charge in [0.15, 0.2) is 0 Å². The fourth-order valence-electron chi connectivity index (χ4n) is 2.45. The number of benzene rings is 2. The molecule has 0 aliphatic heterocycles. The molecule has 0 radical (unpaired) electrons. The van der Waals surface area contributed by atoms with E-state index >= 15 is 0 Å². The lowest BCUT2D eigenvalue weighted by Crippen LogP contribution is -2.13. The molecule has 112 valence electrons. The van der Waals surface area contributed by atoms with E-state index in [1.54, 1.807) is 13.4 Å². The molecule has 22 heavy (non-hydrogen) atoms. The van der Waals surface area contributed by atoms with Crippen molar-refractivity contribution in [3.8, 4) is 5.75 Å². The first-order valence-corrected chi connectivity index (χ1v) is 7.33. The van der Waals surface area contributed by atoms with E-state index in [1.807, 2.05) is 42.5 Å². The Hall–Kier alpha value is -2.68. The maximum Gasteiger partial charge on any atom is 0.126 e. The molecule has 0 saturated heterocycles. The normalized spacial score (nSPS) is 11.9. The fourth-order valence-corrected chi connectivity index (χ4v) is 2.45. The topological polar surface area (TPSA) is 34.4 Å². The van der Waals surface area contributed by atoms with Gasteiger partial charge in [-0.15, -0.1) is 0 Å². The summed E-state index contributed by atoms with van der Waals surface area (Å²) < 4.78 is 10.8. The lowest BCUT2D eigenvalue weighted by molar-refractivity contribution is 0.415. The van der Waals surface area contributed by atoms with E-state index < -0.39 is 0 Å². The summed E-state index contributed by atoms with van der Waals surface area (Å²) in [5.74, 6) is 1.78. The first kappa shape index (κ1) is 14.3. The maximum absolute atomic E-state index is 5.60. The molecule has 0 saturated carbocycles. The largest absolute Gasteiger partial charge is 0.497 e. The summed E-state index contributed by atoms with van der Waals surface area (Å²) in [4.78, 5) is 0. The first-order chi connectivity index (χ1) is 10.8. The Labute approximate surface area is 130 Å². The molecular weight excluding hydrogens is 274 g/mol. The highest BCUT2D eigenvalue weighted by atomic mass is 16.5. The predicted molar refractivity (Wildman–Crippen MR) is 88.2 cm³/mol. The summed E-state index contributed by atoms with van der Waals surface area (Å²) in [6.07, 6.45) is 2.57. The van der Waals surface area contributed by atoms with Crippen molar-refractivity contribution in [1.82, 2.24) is 0 Å². The molecule has 3 rings (SSSR count). The highest BCUT2D eigenvalue weighted by Gasteiger charge is 2.15. The van der Waals surface area contributed by atoms with Crippen LogP contribution in [0.4, 0.5) is 5.69 Å². The number of nitrogens with one attached hydrogen (secondary N) is 1. The lowest BCUT2D eigenvalue weighted by atomic mass is 10.0. The second-order valence-corrected chi connectivity index (χ2v) is 5.13. The molecule has 1 N–H and O–H groups in total. The van der Waals surface area contributed by atoms with Gasteiger partial charge in [0.1, 0.15) is 11.5 Å². The summed E-state index contributed by atoms with van der Waals surface area (Å²) in [6, 6.07) is 22.3. The molecule has 0 spiro atoms. The smallest absolute Gasteiger partial charge is 0.126 e. The van der Waals surface area contributed by atoms with Crippen LogP contribution in [0.15, 0.2) is 77.4 Å². The zero-order chi connectivity index (χ0) is 15.2. The molecule has 3 nitrogen and oxygen atoms in total. The van der Waals surface area contributed by atoms with E-state index in [1.165, 1.54) is 5.56 Å². The van der Waals surface area contributed by atoms with E-state index in [-0.39, 0.29) is 6.04 Å². The molecule has 1 heterocycles. The van der Waals surface area contributed by atoms with Gasteiger partial charge in [0.05, 0.1) is 19.4 Å². The zero-order valence-electron chi connectivity index (χ0n) is 12.5. The second kappa shape index (κ2) is 6.85. The SMILES string of the molecule is COc1ccc(N[C@H](Cc2ccccc2)c2ccco2)cc1. The average Bonchev–Trinajstić information content (AvgIpc) is 3.10. The van der Waals surface area contributed by atoms with Gasteiger partial charge in [-0.25, -0.2) is 0 Å². The van der Waals surface area contributed by atoms with Gasteiger partial charge < -0.3 is 14.5 Å². The minimum absolute atomic E-state index is 0.0887. The van der Waals surface area contributed by atoms with Crippen LogP contribution in [-0.4, -0.2) is 7.11 Å². The van der Waals surface area contributed by atoms with Crippen LogP contribution >= 0.6 is 0 Å². The predicted octanol–water partition coefficient (Wildman–Crippen LogP) is 4.68. The van der Waals surface area contributed by atoms with E-state index in [2.05, 4.69) is 29.6 Å². The number of methoxy groups -OCH3 is 1. The van der Waals surface area contributed by atoms with Gasteiger partial charge in [-0.1, -0.05) is 30.3 Å². The van der Waals surface area contributed by atoms with Gasteiger partial charge in [-0.2, -0.15) is 0 Å². The Bertz CT molecular complexity index is 675. The van der Waals surface area contributed by atoms with Gasteiger partial charge >= 0.3 is 0 Å². The number of hydrogen-bond donors (Lipinski definition) is 1. The molecule has 1 atom stereocenters. The van der Waals surface area contributed by atoms with Gasteiger partial charge in [-0.3, -0.25) is 0 Å². The quantitative estimate of drug-likeness (QED) is 0.716. The minimum atomic E-state index is 0.0887. The fraction of sp³-hybridized carbons (Fsp3) is 0.158. The van der Waals surface area contributed by atoms with Crippen molar-refractivity contribution < 1.29 is 9.15 Å². The van der Waals surface area contributed by atoms with Gasteiger partial charge in [0.25, 0.3) is 0 Å². The molecule has 0 bridgehead atoms. The van der Waals surface area contributed by atoms with Crippen LogP contribution in [0.5, 0.6) is 5.75 Å². The van der Waals surface area contributed by atoms with Crippen LogP contribution < -0.4 is 10.1 Å². The number of furan rings is 1. The third-order valence-corrected chi connectivity index (χ3v) is 3.60. The van der Waals surface area contributed by atoms with E-state index in [4.69, 9.17) is 9.15 Å². The van der Waals surface area contributed by atoms with E-state index in [0.717, 1.165) is 23.6 Å². The molecule has 3 aromatic rings. The van der Waals surface area contributed by atoms with Crippen molar-refractivity contribution in [2.45, 2.75) is 12.5 Å². The summed E-state index contributed by atoms with van der Waals surface area (Å²) >= 11 is 0. The van der Waals surface area contributed by atoms with Crippen molar-refractivity contribution in [2.75, 3.05) is 12.4 Å². The molecule has 0 fully saturated rings. The van der Waals surface area contributed by atoms with E-state index in [0.29, 0.717) is 0 Å². The molecule has 3 heteroatoms. The average molecular weight is 293 g/mol. The Morgan fingerprint density at radius 1 is 0.955 bits per heavy atom. The van der Waals surface area contributed by atoms with Crippen molar-refractivity contribution in [3.63, 3.8) is 0 Å². The molecule has 0 aliphatic carbocycles. The van der Waals surface area contributed by atoms with Crippen LogP contribution in [0.3, 0.4) is 0 Å². The number of ether oxygens (including phenoxy) is 1. The number of anilines is 1. The van der Waals surface area contributed by atoms with Crippen LogP contribution in [0, 0.1) is 0 Å². The van der Waals surface area contributed by atoms with Crippen LogP contribution in [-0.2, 0) is 6.42 Å². The third kappa shape index (κ3) is 3.50. The van der Waals surface area contributed by atoms with Crippen molar-refractivity contribution >= 4 is 5.69 Å². The Kier molecular flexibility index (Phi) is 4.44. The summed E-state index contributed by atoms with van der Waals surface area (Å²) in [5.41, 5.74) is 2.31. The first-order valence-electron chi connectivity index (χ1n) is 7.33. The maximum atomic E-state index is 5.60. The molecule has 2 aromatic carbocycles.